The van der Waals surface area contributed by atoms with Crippen LogP contribution in [0.3, 0.4) is 0 Å². The molecule has 0 aliphatic carbocycles. The fourth-order valence-corrected chi connectivity index (χ4v) is 3.87. The molecule has 1 aliphatic rings. The maximum Gasteiger partial charge on any atom is 0.258 e. The smallest absolute Gasteiger partial charge is 0.258 e. The summed E-state index contributed by atoms with van der Waals surface area (Å²) in [6, 6.07) is 13.3. The van der Waals surface area contributed by atoms with Gasteiger partial charge in [0, 0.05) is 37.2 Å². The first kappa shape index (κ1) is 21.5. The topological polar surface area (TPSA) is 118 Å². The quantitative estimate of drug-likeness (QED) is 0.636. The Hall–Kier alpha value is -3.70. The van der Waals surface area contributed by atoms with Crippen LogP contribution < -0.4 is 10.5 Å². The third-order valence-corrected chi connectivity index (χ3v) is 5.35. The van der Waals surface area contributed by atoms with Crippen molar-refractivity contribution >= 4 is 5.91 Å². The van der Waals surface area contributed by atoms with Crippen molar-refractivity contribution in [2.75, 3.05) is 13.1 Å². The van der Waals surface area contributed by atoms with Gasteiger partial charge < -0.3 is 19.9 Å². The Bertz CT molecular complexity index is 1180. The van der Waals surface area contributed by atoms with E-state index in [2.05, 4.69) is 16.2 Å². The lowest BCUT2D eigenvalue weighted by molar-refractivity contribution is -0.131. The monoisotopic (exact) mass is 431 g/mol. The first-order chi connectivity index (χ1) is 15.5. The summed E-state index contributed by atoms with van der Waals surface area (Å²) < 4.78 is 11.2. The van der Waals surface area contributed by atoms with Gasteiger partial charge in [-0.1, -0.05) is 23.4 Å². The van der Waals surface area contributed by atoms with Crippen molar-refractivity contribution in [1.29, 1.82) is 5.26 Å². The summed E-state index contributed by atoms with van der Waals surface area (Å²) in [4.78, 5) is 18.7. The van der Waals surface area contributed by atoms with E-state index in [1.54, 1.807) is 18.2 Å². The number of hydrogen-bond donors (Lipinski definition) is 1. The van der Waals surface area contributed by atoms with Crippen molar-refractivity contribution in [3.05, 3.63) is 53.1 Å². The lowest BCUT2D eigenvalue weighted by atomic mass is 9.94. The number of carbonyl (C=O) groups is 1. The van der Waals surface area contributed by atoms with E-state index in [1.165, 1.54) is 0 Å². The Morgan fingerprint density at radius 2 is 2.19 bits per heavy atom. The highest BCUT2D eigenvalue weighted by molar-refractivity contribution is 5.77. The molecule has 0 unspecified atom stereocenters. The molecule has 8 heteroatoms. The number of benzene rings is 2. The van der Waals surface area contributed by atoms with E-state index in [9.17, 15) is 10.1 Å². The highest BCUT2D eigenvalue weighted by atomic mass is 16.5. The van der Waals surface area contributed by atoms with Crippen molar-refractivity contribution < 1.29 is 14.1 Å². The van der Waals surface area contributed by atoms with Gasteiger partial charge >= 0.3 is 0 Å². The lowest BCUT2D eigenvalue weighted by Gasteiger charge is -2.29. The van der Waals surface area contributed by atoms with E-state index in [4.69, 9.17) is 15.0 Å². The largest absolute Gasteiger partial charge is 0.490 e. The highest BCUT2D eigenvalue weighted by Gasteiger charge is 2.24. The number of aromatic nitrogens is 2. The Morgan fingerprint density at radius 1 is 1.34 bits per heavy atom. The molecule has 0 saturated heterocycles. The maximum absolute atomic E-state index is 12.2. The predicted molar refractivity (Wildman–Crippen MR) is 118 cm³/mol. The minimum atomic E-state index is -0.0336. The minimum absolute atomic E-state index is 0.0336. The molecule has 0 bridgehead atoms. The van der Waals surface area contributed by atoms with Crippen LogP contribution in [0.1, 0.15) is 37.0 Å². The molecule has 0 spiro atoms. The molecule has 32 heavy (non-hydrogen) atoms. The predicted octanol–water partition coefficient (Wildman–Crippen LogP) is 3.30. The molecule has 0 atom stereocenters. The SMILES string of the molecule is CC(C)Oc1ccc(-c2nc(-c3cccc4c3CCN(C(=O)CCN)C4)no2)cc1C#N. The summed E-state index contributed by atoms with van der Waals surface area (Å²) in [5.74, 6) is 1.42. The number of nitriles is 1. The Labute approximate surface area is 186 Å². The molecule has 1 amide bonds. The zero-order chi connectivity index (χ0) is 22.7. The molecule has 0 fully saturated rings. The standard InChI is InChI=1S/C24H25N5O3/c1-15(2)31-21-7-6-16(12-18(21)13-26)24-27-23(28-32-24)20-5-3-4-17-14-29(11-9-19(17)20)22(30)8-10-25/h3-7,12,15H,8-11,14,25H2,1-2H3. The average Bonchev–Trinajstić information content (AvgIpc) is 3.28. The van der Waals surface area contributed by atoms with E-state index in [-0.39, 0.29) is 12.0 Å². The van der Waals surface area contributed by atoms with Gasteiger partial charge in [0.1, 0.15) is 11.8 Å². The van der Waals surface area contributed by atoms with Crippen molar-refractivity contribution in [1.82, 2.24) is 15.0 Å². The van der Waals surface area contributed by atoms with Crippen LogP contribution in [0.15, 0.2) is 40.9 Å². The summed E-state index contributed by atoms with van der Waals surface area (Å²) in [6.07, 6.45) is 1.04. The second-order valence-electron chi connectivity index (χ2n) is 7.96. The number of rotatable bonds is 6. The van der Waals surface area contributed by atoms with Crippen molar-refractivity contribution in [3.63, 3.8) is 0 Å². The fourth-order valence-electron chi connectivity index (χ4n) is 3.87. The second kappa shape index (κ2) is 9.20. The van der Waals surface area contributed by atoms with Crippen molar-refractivity contribution in [2.45, 2.75) is 39.3 Å². The van der Waals surface area contributed by atoms with Crippen LogP contribution in [0, 0.1) is 11.3 Å². The van der Waals surface area contributed by atoms with Gasteiger partial charge in [-0.15, -0.1) is 0 Å². The summed E-state index contributed by atoms with van der Waals surface area (Å²) in [7, 11) is 0. The number of nitrogens with zero attached hydrogens (tertiary/aromatic N) is 4. The van der Waals surface area contributed by atoms with Crippen LogP contribution in [0.25, 0.3) is 22.8 Å². The number of fused-ring (bicyclic) bond motifs is 1. The van der Waals surface area contributed by atoms with Gasteiger partial charge in [0.2, 0.25) is 11.7 Å². The Kier molecular flexibility index (Phi) is 6.19. The molecular weight excluding hydrogens is 406 g/mol. The van der Waals surface area contributed by atoms with Gasteiger partial charge in [0.25, 0.3) is 5.89 Å². The maximum atomic E-state index is 12.2. The molecule has 2 heterocycles. The number of amides is 1. The number of nitrogens with two attached hydrogens (primary N) is 1. The zero-order valence-electron chi connectivity index (χ0n) is 18.2. The van der Waals surface area contributed by atoms with Crippen LogP contribution >= 0.6 is 0 Å². The minimum Gasteiger partial charge on any atom is -0.490 e. The third-order valence-electron chi connectivity index (χ3n) is 5.35. The van der Waals surface area contributed by atoms with Crippen LogP contribution in [0.5, 0.6) is 5.75 Å². The molecule has 1 aromatic heterocycles. The molecule has 2 aromatic carbocycles. The summed E-state index contributed by atoms with van der Waals surface area (Å²) in [6.45, 7) is 5.36. The van der Waals surface area contributed by atoms with E-state index in [0.29, 0.717) is 61.1 Å². The molecule has 164 valence electrons. The molecule has 8 nitrogen and oxygen atoms in total. The summed E-state index contributed by atoms with van der Waals surface area (Å²) in [5.41, 5.74) is 9.68. The van der Waals surface area contributed by atoms with Crippen molar-refractivity contribution in [3.8, 4) is 34.7 Å². The van der Waals surface area contributed by atoms with Crippen molar-refractivity contribution in [2.24, 2.45) is 5.73 Å². The number of carbonyl (C=O) groups excluding carboxylic acids is 1. The van der Waals surface area contributed by atoms with Gasteiger partial charge in [-0.2, -0.15) is 10.2 Å². The van der Waals surface area contributed by atoms with Crippen LogP contribution in [0.4, 0.5) is 0 Å². The van der Waals surface area contributed by atoms with E-state index < -0.39 is 0 Å². The summed E-state index contributed by atoms with van der Waals surface area (Å²) in [5, 5.41) is 13.7. The van der Waals surface area contributed by atoms with Gasteiger partial charge in [-0.3, -0.25) is 4.79 Å². The third kappa shape index (κ3) is 4.34. The molecule has 0 saturated carbocycles. The van der Waals surface area contributed by atoms with E-state index in [0.717, 1.165) is 16.7 Å². The second-order valence-corrected chi connectivity index (χ2v) is 7.96. The molecular formula is C24H25N5O3. The fraction of sp³-hybridized carbons (Fsp3) is 0.333. The number of hydrogen-bond acceptors (Lipinski definition) is 7. The van der Waals surface area contributed by atoms with E-state index >= 15 is 0 Å². The number of ether oxygens (including phenoxy) is 1. The Balaban J connectivity index is 1.61. The molecule has 1 aliphatic heterocycles. The highest BCUT2D eigenvalue weighted by Crippen LogP contribution is 2.31. The first-order valence-corrected chi connectivity index (χ1v) is 10.6. The lowest BCUT2D eigenvalue weighted by Crippen LogP contribution is -2.37. The van der Waals surface area contributed by atoms with Crippen LogP contribution in [-0.4, -0.2) is 40.1 Å². The average molecular weight is 431 g/mol. The van der Waals surface area contributed by atoms with E-state index in [1.807, 2.05) is 36.9 Å². The zero-order valence-corrected chi connectivity index (χ0v) is 18.2. The van der Waals surface area contributed by atoms with Gasteiger partial charge in [0.05, 0.1) is 11.7 Å². The van der Waals surface area contributed by atoms with Gasteiger partial charge in [-0.05, 0) is 49.6 Å². The molecule has 4 rings (SSSR count). The van der Waals surface area contributed by atoms with Gasteiger partial charge in [0.15, 0.2) is 0 Å². The normalized spacial score (nSPS) is 13.0. The molecule has 0 radical (unpaired) electrons. The molecule has 3 aromatic rings. The van der Waals surface area contributed by atoms with Crippen LogP contribution in [0.2, 0.25) is 0 Å². The molecule has 2 N–H and O–H groups in total. The first-order valence-electron chi connectivity index (χ1n) is 10.6. The Morgan fingerprint density at radius 3 is 2.94 bits per heavy atom. The van der Waals surface area contributed by atoms with Gasteiger partial charge in [-0.25, -0.2) is 0 Å². The summed E-state index contributed by atoms with van der Waals surface area (Å²) >= 11 is 0. The van der Waals surface area contributed by atoms with Crippen LogP contribution in [-0.2, 0) is 17.8 Å².